The van der Waals surface area contributed by atoms with Crippen molar-refractivity contribution in [1.82, 2.24) is 10.2 Å². The molecule has 1 saturated heterocycles. The Kier molecular flexibility index (Phi) is 7.61. The summed E-state index contributed by atoms with van der Waals surface area (Å²) in [5.74, 6) is 1.25. The van der Waals surface area contributed by atoms with E-state index in [1.807, 2.05) is 32.0 Å². The molecule has 0 aromatic heterocycles. The standard InChI is InChI=1S/C23H29F3N2O2/c1-3-29-20-10-9-18(16-21(20)30-4-2)22(28-13-6-11-27-12-14-28)17-7-5-8-19(15-17)23(24,25)26/h5,7-10,15-16,22,27H,3-4,6,11-14H2,1-2H3. The number of ether oxygens (including phenoxy) is 2. The molecular weight excluding hydrogens is 393 g/mol. The van der Waals surface area contributed by atoms with Crippen LogP contribution in [0.3, 0.4) is 0 Å². The quantitative estimate of drug-likeness (QED) is 0.689. The number of hydrogen-bond donors (Lipinski definition) is 1. The lowest BCUT2D eigenvalue weighted by Crippen LogP contribution is -2.33. The Labute approximate surface area is 176 Å². The molecule has 1 N–H and O–H groups in total. The van der Waals surface area contributed by atoms with Gasteiger partial charge < -0.3 is 14.8 Å². The van der Waals surface area contributed by atoms with Crippen LogP contribution in [0.5, 0.6) is 11.5 Å². The second-order valence-electron chi connectivity index (χ2n) is 7.24. The van der Waals surface area contributed by atoms with Gasteiger partial charge in [-0.15, -0.1) is 0 Å². The SMILES string of the molecule is CCOc1ccc(C(c2cccc(C(F)(F)F)c2)N2CCCNCC2)cc1OCC. The molecule has 2 aromatic rings. The van der Waals surface area contributed by atoms with Gasteiger partial charge in [-0.1, -0.05) is 18.2 Å². The van der Waals surface area contributed by atoms with Crippen molar-refractivity contribution in [2.45, 2.75) is 32.5 Å². The highest BCUT2D eigenvalue weighted by molar-refractivity contribution is 5.46. The van der Waals surface area contributed by atoms with Crippen LogP contribution in [0, 0.1) is 0 Å². The molecule has 3 rings (SSSR count). The highest BCUT2D eigenvalue weighted by atomic mass is 19.4. The maximum Gasteiger partial charge on any atom is 0.416 e. The van der Waals surface area contributed by atoms with Crippen molar-refractivity contribution in [3.63, 3.8) is 0 Å². The second-order valence-corrected chi connectivity index (χ2v) is 7.24. The van der Waals surface area contributed by atoms with Crippen LogP contribution in [0.25, 0.3) is 0 Å². The molecule has 0 bridgehead atoms. The molecule has 0 spiro atoms. The van der Waals surface area contributed by atoms with Gasteiger partial charge in [0, 0.05) is 19.6 Å². The fourth-order valence-corrected chi connectivity index (χ4v) is 3.86. The van der Waals surface area contributed by atoms with E-state index in [-0.39, 0.29) is 6.04 Å². The Morgan fingerprint density at radius 2 is 1.67 bits per heavy atom. The van der Waals surface area contributed by atoms with Crippen LogP contribution in [0.15, 0.2) is 42.5 Å². The summed E-state index contributed by atoms with van der Waals surface area (Å²) in [4.78, 5) is 2.24. The van der Waals surface area contributed by atoms with Crippen LogP contribution >= 0.6 is 0 Å². The second kappa shape index (κ2) is 10.2. The molecule has 7 heteroatoms. The number of benzene rings is 2. The van der Waals surface area contributed by atoms with E-state index in [0.717, 1.165) is 44.2 Å². The molecule has 0 saturated carbocycles. The van der Waals surface area contributed by atoms with E-state index < -0.39 is 11.7 Å². The lowest BCUT2D eigenvalue weighted by Gasteiger charge is -2.32. The van der Waals surface area contributed by atoms with Gasteiger partial charge in [-0.3, -0.25) is 4.90 Å². The molecule has 1 unspecified atom stereocenters. The van der Waals surface area contributed by atoms with Crippen LogP contribution in [-0.2, 0) is 6.18 Å². The van der Waals surface area contributed by atoms with Crippen LogP contribution in [0.1, 0.15) is 43.0 Å². The number of nitrogens with zero attached hydrogens (tertiary/aromatic N) is 1. The molecule has 1 aliphatic rings. The summed E-state index contributed by atoms with van der Waals surface area (Å²) in [6.45, 7) is 8.03. The predicted octanol–water partition coefficient (Wildman–Crippen LogP) is 4.89. The van der Waals surface area contributed by atoms with Gasteiger partial charge in [0.15, 0.2) is 11.5 Å². The van der Waals surface area contributed by atoms with E-state index >= 15 is 0 Å². The number of alkyl halides is 3. The van der Waals surface area contributed by atoms with Gasteiger partial charge in [-0.2, -0.15) is 13.2 Å². The molecule has 0 aliphatic carbocycles. The lowest BCUT2D eigenvalue weighted by atomic mass is 9.94. The minimum Gasteiger partial charge on any atom is -0.490 e. The zero-order chi connectivity index (χ0) is 21.6. The van der Waals surface area contributed by atoms with Crippen LogP contribution in [0.2, 0.25) is 0 Å². The molecule has 1 atom stereocenters. The third-order valence-corrected chi connectivity index (χ3v) is 5.15. The average molecular weight is 422 g/mol. The lowest BCUT2D eigenvalue weighted by molar-refractivity contribution is -0.137. The van der Waals surface area contributed by atoms with Gasteiger partial charge >= 0.3 is 6.18 Å². The first kappa shape index (κ1) is 22.4. The first-order valence-corrected chi connectivity index (χ1v) is 10.5. The maximum absolute atomic E-state index is 13.4. The Morgan fingerprint density at radius 1 is 0.933 bits per heavy atom. The molecule has 4 nitrogen and oxygen atoms in total. The molecule has 0 radical (unpaired) electrons. The molecule has 2 aromatic carbocycles. The highest BCUT2D eigenvalue weighted by Crippen LogP contribution is 2.38. The van der Waals surface area contributed by atoms with E-state index in [9.17, 15) is 13.2 Å². The summed E-state index contributed by atoms with van der Waals surface area (Å²) in [7, 11) is 0. The van der Waals surface area contributed by atoms with Gasteiger partial charge in [0.2, 0.25) is 0 Å². The molecule has 1 heterocycles. The van der Waals surface area contributed by atoms with Gasteiger partial charge in [0.25, 0.3) is 0 Å². The first-order valence-electron chi connectivity index (χ1n) is 10.5. The summed E-state index contributed by atoms with van der Waals surface area (Å²) >= 11 is 0. The van der Waals surface area contributed by atoms with Crippen LogP contribution < -0.4 is 14.8 Å². The first-order chi connectivity index (χ1) is 14.4. The normalized spacial score (nSPS) is 16.7. The van der Waals surface area contributed by atoms with Crippen molar-refractivity contribution < 1.29 is 22.6 Å². The highest BCUT2D eigenvalue weighted by Gasteiger charge is 2.32. The van der Waals surface area contributed by atoms with E-state index in [2.05, 4.69) is 10.2 Å². The summed E-state index contributed by atoms with van der Waals surface area (Å²) < 4.78 is 51.6. The van der Waals surface area contributed by atoms with Crippen molar-refractivity contribution >= 4 is 0 Å². The van der Waals surface area contributed by atoms with Gasteiger partial charge in [0.1, 0.15) is 0 Å². The minimum absolute atomic E-state index is 0.304. The van der Waals surface area contributed by atoms with Gasteiger partial charge in [-0.05, 0) is 62.2 Å². The van der Waals surface area contributed by atoms with E-state index in [1.165, 1.54) is 12.1 Å². The zero-order valence-electron chi connectivity index (χ0n) is 17.5. The Bertz CT molecular complexity index is 818. The number of rotatable bonds is 7. The third kappa shape index (κ3) is 5.46. The minimum atomic E-state index is -4.38. The predicted molar refractivity (Wildman–Crippen MR) is 111 cm³/mol. The van der Waals surface area contributed by atoms with Gasteiger partial charge in [0.05, 0.1) is 24.8 Å². The van der Waals surface area contributed by atoms with Crippen molar-refractivity contribution in [2.24, 2.45) is 0 Å². The Morgan fingerprint density at radius 3 is 2.40 bits per heavy atom. The fourth-order valence-electron chi connectivity index (χ4n) is 3.86. The van der Waals surface area contributed by atoms with Crippen molar-refractivity contribution in [1.29, 1.82) is 0 Å². The molecule has 164 valence electrons. The molecule has 0 amide bonds. The number of halogens is 3. The zero-order valence-corrected chi connectivity index (χ0v) is 17.5. The number of hydrogen-bond acceptors (Lipinski definition) is 4. The van der Waals surface area contributed by atoms with Crippen molar-refractivity contribution in [3.8, 4) is 11.5 Å². The monoisotopic (exact) mass is 422 g/mol. The van der Waals surface area contributed by atoms with Gasteiger partial charge in [-0.25, -0.2) is 0 Å². The summed E-state index contributed by atoms with van der Waals surface area (Å²) in [6.07, 6.45) is -3.44. The maximum atomic E-state index is 13.4. The van der Waals surface area contributed by atoms with Crippen molar-refractivity contribution in [2.75, 3.05) is 39.4 Å². The fraction of sp³-hybridized carbons (Fsp3) is 0.478. The summed E-state index contributed by atoms with van der Waals surface area (Å²) in [5.41, 5.74) is 0.885. The molecule has 1 aliphatic heterocycles. The molecule has 1 fully saturated rings. The smallest absolute Gasteiger partial charge is 0.416 e. The topological polar surface area (TPSA) is 33.7 Å². The molecule has 30 heavy (non-hydrogen) atoms. The van der Waals surface area contributed by atoms with E-state index in [0.29, 0.717) is 30.3 Å². The Balaban J connectivity index is 2.07. The number of nitrogens with one attached hydrogen (secondary N) is 1. The third-order valence-electron chi connectivity index (χ3n) is 5.15. The summed E-state index contributed by atoms with van der Waals surface area (Å²) in [6, 6.07) is 11.0. The van der Waals surface area contributed by atoms with Crippen LogP contribution in [-0.4, -0.2) is 44.3 Å². The van der Waals surface area contributed by atoms with Crippen LogP contribution in [0.4, 0.5) is 13.2 Å². The van der Waals surface area contributed by atoms with E-state index in [4.69, 9.17) is 9.47 Å². The molecular formula is C23H29F3N2O2. The Hall–Kier alpha value is -2.25. The largest absolute Gasteiger partial charge is 0.490 e. The van der Waals surface area contributed by atoms with E-state index in [1.54, 1.807) is 6.07 Å². The van der Waals surface area contributed by atoms with Crippen molar-refractivity contribution in [3.05, 3.63) is 59.2 Å². The average Bonchev–Trinajstić information content (AvgIpc) is 2.99. The summed E-state index contributed by atoms with van der Waals surface area (Å²) in [5, 5.41) is 3.36.